The van der Waals surface area contributed by atoms with Gasteiger partial charge in [-0.15, -0.1) is 12.4 Å². The van der Waals surface area contributed by atoms with Gasteiger partial charge in [0, 0.05) is 18.7 Å². The molecule has 1 heterocycles. The molecule has 7 nitrogen and oxygen atoms in total. The van der Waals surface area contributed by atoms with Crippen LogP contribution >= 0.6 is 24.0 Å². The van der Waals surface area contributed by atoms with E-state index in [0.29, 0.717) is 6.54 Å². The van der Waals surface area contributed by atoms with Gasteiger partial charge in [0.25, 0.3) is 5.91 Å². The van der Waals surface area contributed by atoms with Gasteiger partial charge >= 0.3 is 17.3 Å². The SMILES string of the molecule is Cl.NCc1ccccc1CNC(=O)C[n+]1cc(Cl)[nH]c(=O)c1NCC(F)(F)c1ccccc1.[Cl-]. The molecule has 0 fully saturated rings. The number of H-pyrrole nitrogens is 1. The number of nitrogens with zero attached hydrogens (tertiary/aromatic N) is 1. The van der Waals surface area contributed by atoms with Crippen LogP contribution in [0.5, 0.6) is 0 Å². The summed E-state index contributed by atoms with van der Waals surface area (Å²) in [4.78, 5) is 27.2. The number of nitrogens with one attached hydrogen (secondary N) is 3. The molecule has 0 aliphatic heterocycles. The van der Waals surface area contributed by atoms with Crippen molar-refractivity contribution in [1.29, 1.82) is 0 Å². The summed E-state index contributed by atoms with van der Waals surface area (Å²) in [5.41, 5.74) is 6.54. The van der Waals surface area contributed by atoms with Crippen molar-refractivity contribution in [3.8, 4) is 0 Å². The maximum absolute atomic E-state index is 14.5. The number of hydrogen-bond acceptors (Lipinski definition) is 4. The van der Waals surface area contributed by atoms with Crippen molar-refractivity contribution in [2.24, 2.45) is 5.73 Å². The average Bonchev–Trinajstić information content (AvgIpc) is 2.77. The fourth-order valence-electron chi connectivity index (χ4n) is 3.15. The number of halogens is 5. The van der Waals surface area contributed by atoms with Crippen LogP contribution in [-0.2, 0) is 30.4 Å². The number of benzene rings is 2. The number of nitrogens with two attached hydrogens (primary N) is 1. The minimum atomic E-state index is -3.24. The molecular weight excluding hydrogens is 511 g/mol. The van der Waals surface area contributed by atoms with E-state index in [1.54, 1.807) is 6.07 Å². The predicted molar refractivity (Wildman–Crippen MR) is 125 cm³/mol. The van der Waals surface area contributed by atoms with Crippen LogP contribution in [0.15, 0.2) is 65.6 Å². The van der Waals surface area contributed by atoms with Crippen LogP contribution in [0, 0.1) is 0 Å². The molecule has 2 aromatic carbocycles. The standard InChI is InChI=1S/C22H22ClF2N5O2.2ClH/c23-18-12-30(13-19(31)27-11-16-7-5-4-6-15(16)10-26)20(21(32)29-18)28-14-22(24,25)17-8-2-1-3-9-17;;/h1-9,12H,10-11,13-14,26H2,(H2,27,29,31,32);2*1H. The highest BCUT2D eigenvalue weighted by atomic mass is 35.5. The molecule has 0 saturated heterocycles. The smallest absolute Gasteiger partial charge is 0.341 e. The first-order chi connectivity index (χ1) is 15.3. The minimum absolute atomic E-state index is 0. The van der Waals surface area contributed by atoms with Gasteiger partial charge in [-0.05, 0) is 11.1 Å². The van der Waals surface area contributed by atoms with Crippen LogP contribution in [0.2, 0.25) is 5.15 Å². The Morgan fingerprint density at radius 1 is 1.09 bits per heavy atom. The van der Waals surface area contributed by atoms with Crippen LogP contribution in [-0.4, -0.2) is 17.4 Å². The van der Waals surface area contributed by atoms with Gasteiger partial charge in [0.15, 0.2) is 13.1 Å². The molecule has 0 bridgehead atoms. The van der Waals surface area contributed by atoms with E-state index in [-0.39, 0.29) is 54.4 Å². The summed E-state index contributed by atoms with van der Waals surface area (Å²) in [6.45, 7) is -0.576. The molecule has 3 rings (SSSR count). The van der Waals surface area contributed by atoms with Crippen LogP contribution in [0.4, 0.5) is 14.6 Å². The molecule has 0 aliphatic carbocycles. The van der Waals surface area contributed by atoms with E-state index in [1.165, 1.54) is 35.0 Å². The summed E-state index contributed by atoms with van der Waals surface area (Å²) in [7, 11) is 0. The van der Waals surface area contributed by atoms with E-state index in [1.807, 2.05) is 24.3 Å². The third kappa shape index (κ3) is 7.66. The average molecular weight is 535 g/mol. The highest BCUT2D eigenvalue weighted by molar-refractivity contribution is 6.29. The van der Waals surface area contributed by atoms with Crippen molar-refractivity contribution < 1.29 is 30.5 Å². The summed E-state index contributed by atoms with van der Waals surface area (Å²) in [6, 6.07) is 14.6. The van der Waals surface area contributed by atoms with Crippen molar-refractivity contribution >= 4 is 35.7 Å². The van der Waals surface area contributed by atoms with Gasteiger partial charge in [0.2, 0.25) is 0 Å². The number of rotatable bonds is 9. The van der Waals surface area contributed by atoms with Gasteiger partial charge in [-0.25, -0.2) is 4.57 Å². The number of amides is 1. The number of hydrogen-bond donors (Lipinski definition) is 4. The first-order valence-corrected chi connectivity index (χ1v) is 10.2. The highest BCUT2D eigenvalue weighted by Crippen LogP contribution is 2.27. The highest BCUT2D eigenvalue weighted by Gasteiger charge is 2.35. The van der Waals surface area contributed by atoms with E-state index in [2.05, 4.69) is 15.6 Å². The van der Waals surface area contributed by atoms with Crippen molar-refractivity contribution in [3.63, 3.8) is 0 Å². The van der Waals surface area contributed by atoms with Crippen LogP contribution in [0.25, 0.3) is 0 Å². The quantitative estimate of drug-likeness (QED) is 0.284. The van der Waals surface area contributed by atoms with Crippen LogP contribution < -0.4 is 38.9 Å². The Hall–Kier alpha value is -2.72. The minimum Gasteiger partial charge on any atom is -1.00 e. The molecule has 0 radical (unpaired) electrons. The Morgan fingerprint density at radius 2 is 1.71 bits per heavy atom. The van der Waals surface area contributed by atoms with Crippen molar-refractivity contribution in [1.82, 2.24) is 10.3 Å². The molecule has 12 heteroatoms. The molecule has 0 unspecified atom stereocenters. The number of aromatic amines is 1. The Balaban J connectivity index is 0.00000289. The summed E-state index contributed by atoms with van der Waals surface area (Å²) < 4.78 is 30.3. The Morgan fingerprint density at radius 3 is 2.35 bits per heavy atom. The van der Waals surface area contributed by atoms with Crippen LogP contribution in [0.1, 0.15) is 16.7 Å². The van der Waals surface area contributed by atoms with Gasteiger partial charge in [-0.1, -0.05) is 66.2 Å². The van der Waals surface area contributed by atoms with Gasteiger partial charge in [-0.3, -0.25) is 14.9 Å². The zero-order chi connectivity index (χ0) is 23.1. The molecule has 0 spiro atoms. The summed E-state index contributed by atoms with van der Waals surface area (Å²) in [5.74, 6) is -3.87. The molecule has 1 amide bonds. The van der Waals surface area contributed by atoms with Crippen molar-refractivity contribution in [2.75, 3.05) is 11.9 Å². The Bertz CT molecular complexity index is 1150. The van der Waals surface area contributed by atoms with E-state index < -0.39 is 23.9 Å². The van der Waals surface area contributed by atoms with E-state index in [4.69, 9.17) is 17.3 Å². The van der Waals surface area contributed by atoms with Gasteiger partial charge < -0.3 is 28.4 Å². The monoisotopic (exact) mass is 533 g/mol. The van der Waals surface area contributed by atoms with Gasteiger partial charge in [0.05, 0.1) is 0 Å². The number of carbonyl (C=O) groups excluding carboxylic acids is 1. The molecule has 184 valence electrons. The molecule has 34 heavy (non-hydrogen) atoms. The Kier molecular flexibility index (Phi) is 11.4. The summed E-state index contributed by atoms with van der Waals surface area (Å²) >= 11 is 5.91. The van der Waals surface area contributed by atoms with E-state index in [0.717, 1.165) is 11.1 Å². The lowest BCUT2D eigenvalue weighted by Gasteiger charge is -2.15. The number of carbonyl (C=O) groups is 1. The summed E-state index contributed by atoms with van der Waals surface area (Å²) in [5, 5.41) is 5.17. The molecule has 0 aliphatic rings. The molecule has 5 N–H and O–H groups in total. The molecule has 3 aromatic rings. The fourth-order valence-corrected chi connectivity index (χ4v) is 3.35. The predicted octanol–water partition coefficient (Wildman–Crippen LogP) is -0.279. The second-order valence-corrected chi connectivity index (χ2v) is 7.49. The second-order valence-electron chi connectivity index (χ2n) is 7.08. The zero-order valence-corrected chi connectivity index (χ0v) is 20.2. The zero-order valence-electron chi connectivity index (χ0n) is 17.9. The Labute approximate surface area is 212 Å². The van der Waals surface area contributed by atoms with Gasteiger partial charge in [0.1, 0.15) is 11.3 Å². The van der Waals surface area contributed by atoms with Crippen molar-refractivity contribution in [3.05, 3.63) is 93.0 Å². The van der Waals surface area contributed by atoms with Crippen LogP contribution in [0.3, 0.4) is 0 Å². The van der Waals surface area contributed by atoms with Gasteiger partial charge in [-0.2, -0.15) is 8.78 Å². The number of aromatic nitrogens is 2. The molecule has 0 saturated carbocycles. The first kappa shape index (κ1) is 29.3. The lowest BCUT2D eigenvalue weighted by Crippen LogP contribution is -3.00. The second kappa shape index (κ2) is 13.2. The normalized spacial score (nSPS) is 10.6. The van der Waals surface area contributed by atoms with Crippen molar-refractivity contribution in [2.45, 2.75) is 25.6 Å². The van der Waals surface area contributed by atoms with E-state index in [9.17, 15) is 18.4 Å². The number of alkyl halides is 2. The third-order valence-electron chi connectivity index (χ3n) is 4.81. The lowest BCUT2D eigenvalue weighted by atomic mass is 10.1. The molecule has 0 atom stereocenters. The first-order valence-electron chi connectivity index (χ1n) is 9.83. The summed E-state index contributed by atoms with van der Waals surface area (Å²) in [6.07, 6.45) is 1.29. The van der Waals surface area contributed by atoms with E-state index >= 15 is 0 Å². The third-order valence-corrected chi connectivity index (χ3v) is 5.00. The maximum Gasteiger partial charge on any atom is 0.341 e. The largest absolute Gasteiger partial charge is 1.00 e. The fraction of sp³-hybridized carbons (Fsp3) is 0.227. The topological polar surface area (TPSA) is 104 Å². The molecular formula is C22H24Cl3F2N5O2. The number of anilines is 1. The molecule has 1 aromatic heterocycles. The lowest BCUT2D eigenvalue weighted by molar-refractivity contribution is -0.671. The maximum atomic E-state index is 14.5.